The van der Waals surface area contributed by atoms with Crippen LogP contribution in [0.25, 0.3) is 11.0 Å². The monoisotopic (exact) mass is 174 g/mol. The summed E-state index contributed by atoms with van der Waals surface area (Å²) in [5.74, 6) is 0.688. The van der Waals surface area contributed by atoms with E-state index in [1.54, 1.807) is 0 Å². The Kier molecular flexibility index (Phi) is 2.05. The van der Waals surface area contributed by atoms with Gasteiger partial charge in [-0.05, 0) is 30.5 Å². The van der Waals surface area contributed by atoms with E-state index in [2.05, 4.69) is 35.9 Å². The minimum Gasteiger partial charge on any atom is -0.343 e. The number of hydrogen-bond donors (Lipinski definition) is 1. The van der Waals surface area contributed by atoms with E-state index in [0.717, 1.165) is 12.1 Å². The highest BCUT2D eigenvalue weighted by atomic mass is 14.8. The molecule has 0 unspecified atom stereocenters. The number of nitrogens with zero attached hydrogens (tertiary/aromatic N) is 1. The standard InChI is InChI=1S/C11H14N2/c1-8(2)6-10-7-9-4-3-5-12-11(9)13-10/h3-5,7-8H,6H2,1-2H3,(H,12,13). The molecule has 0 radical (unpaired) electrons. The molecule has 0 aliphatic carbocycles. The molecule has 0 saturated carbocycles. The van der Waals surface area contributed by atoms with E-state index < -0.39 is 0 Å². The third kappa shape index (κ3) is 1.72. The second-order valence-electron chi connectivity index (χ2n) is 3.83. The molecule has 0 aromatic carbocycles. The summed E-state index contributed by atoms with van der Waals surface area (Å²) in [4.78, 5) is 7.57. The van der Waals surface area contributed by atoms with Crippen molar-refractivity contribution < 1.29 is 0 Å². The van der Waals surface area contributed by atoms with Crippen LogP contribution in [0.4, 0.5) is 0 Å². The average molecular weight is 174 g/mol. The summed E-state index contributed by atoms with van der Waals surface area (Å²) in [6, 6.07) is 6.24. The molecule has 68 valence electrons. The Morgan fingerprint density at radius 2 is 2.31 bits per heavy atom. The van der Waals surface area contributed by atoms with Gasteiger partial charge in [0.2, 0.25) is 0 Å². The maximum Gasteiger partial charge on any atom is 0.137 e. The molecule has 2 aromatic heterocycles. The quantitative estimate of drug-likeness (QED) is 0.745. The van der Waals surface area contributed by atoms with Crippen LogP contribution in [0, 0.1) is 5.92 Å². The molecule has 0 aliphatic heterocycles. The lowest BCUT2D eigenvalue weighted by molar-refractivity contribution is 0.638. The highest BCUT2D eigenvalue weighted by Gasteiger charge is 2.02. The van der Waals surface area contributed by atoms with Gasteiger partial charge < -0.3 is 4.98 Å². The van der Waals surface area contributed by atoms with Crippen LogP contribution < -0.4 is 0 Å². The number of pyridine rings is 1. The smallest absolute Gasteiger partial charge is 0.137 e. The first-order valence-corrected chi connectivity index (χ1v) is 4.68. The van der Waals surface area contributed by atoms with E-state index in [9.17, 15) is 0 Å². The Morgan fingerprint density at radius 1 is 1.46 bits per heavy atom. The summed E-state index contributed by atoms with van der Waals surface area (Å²) >= 11 is 0. The molecular weight excluding hydrogens is 160 g/mol. The average Bonchev–Trinajstić information content (AvgIpc) is 2.44. The zero-order valence-electron chi connectivity index (χ0n) is 8.04. The van der Waals surface area contributed by atoms with Crippen molar-refractivity contribution in [1.82, 2.24) is 9.97 Å². The molecule has 0 spiro atoms. The normalized spacial score (nSPS) is 11.3. The third-order valence-electron chi connectivity index (χ3n) is 2.08. The molecule has 13 heavy (non-hydrogen) atoms. The van der Waals surface area contributed by atoms with Gasteiger partial charge in [-0.1, -0.05) is 13.8 Å². The number of nitrogens with one attached hydrogen (secondary N) is 1. The number of aromatic nitrogens is 2. The first-order chi connectivity index (χ1) is 6.25. The van der Waals surface area contributed by atoms with Gasteiger partial charge in [0.15, 0.2) is 0 Å². The molecule has 2 aromatic rings. The first kappa shape index (κ1) is 8.30. The predicted octanol–water partition coefficient (Wildman–Crippen LogP) is 2.76. The summed E-state index contributed by atoms with van der Waals surface area (Å²) in [6.45, 7) is 4.44. The van der Waals surface area contributed by atoms with Crippen molar-refractivity contribution in [3.63, 3.8) is 0 Å². The molecule has 2 heterocycles. The topological polar surface area (TPSA) is 28.7 Å². The Hall–Kier alpha value is -1.31. The van der Waals surface area contributed by atoms with Gasteiger partial charge in [0, 0.05) is 17.3 Å². The van der Waals surface area contributed by atoms with E-state index in [1.807, 2.05) is 12.3 Å². The molecule has 0 bridgehead atoms. The molecule has 0 aliphatic rings. The number of H-pyrrole nitrogens is 1. The fraction of sp³-hybridized carbons (Fsp3) is 0.364. The molecule has 0 fully saturated rings. The van der Waals surface area contributed by atoms with Crippen LogP contribution in [0.2, 0.25) is 0 Å². The zero-order chi connectivity index (χ0) is 9.26. The van der Waals surface area contributed by atoms with Crippen molar-refractivity contribution in [2.45, 2.75) is 20.3 Å². The van der Waals surface area contributed by atoms with E-state index in [4.69, 9.17) is 0 Å². The van der Waals surface area contributed by atoms with Crippen molar-refractivity contribution in [2.24, 2.45) is 5.92 Å². The second kappa shape index (κ2) is 3.21. The molecule has 1 N–H and O–H groups in total. The maximum absolute atomic E-state index is 4.25. The van der Waals surface area contributed by atoms with Gasteiger partial charge in [0.1, 0.15) is 5.65 Å². The summed E-state index contributed by atoms with van der Waals surface area (Å²) < 4.78 is 0. The molecule has 0 atom stereocenters. The molecule has 2 rings (SSSR count). The number of rotatable bonds is 2. The number of fused-ring (bicyclic) bond motifs is 1. The summed E-state index contributed by atoms with van der Waals surface area (Å²) in [5.41, 5.74) is 2.28. The van der Waals surface area contributed by atoms with Crippen LogP contribution in [0.5, 0.6) is 0 Å². The van der Waals surface area contributed by atoms with Gasteiger partial charge >= 0.3 is 0 Å². The van der Waals surface area contributed by atoms with Crippen LogP contribution in [0.3, 0.4) is 0 Å². The lowest BCUT2D eigenvalue weighted by Gasteiger charge is -1.99. The number of hydrogen-bond acceptors (Lipinski definition) is 1. The van der Waals surface area contributed by atoms with E-state index >= 15 is 0 Å². The summed E-state index contributed by atoms with van der Waals surface area (Å²) in [7, 11) is 0. The van der Waals surface area contributed by atoms with Crippen molar-refractivity contribution in [2.75, 3.05) is 0 Å². The second-order valence-corrected chi connectivity index (χ2v) is 3.83. The number of aromatic amines is 1. The summed E-state index contributed by atoms with van der Waals surface area (Å²) in [6.07, 6.45) is 2.91. The van der Waals surface area contributed by atoms with Gasteiger partial charge in [-0.15, -0.1) is 0 Å². The van der Waals surface area contributed by atoms with Gasteiger partial charge in [0.05, 0.1) is 0 Å². The SMILES string of the molecule is CC(C)Cc1cc2cccnc2[nH]1. The predicted molar refractivity (Wildman–Crippen MR) is 54.6 cm³/mol. The highest BCUT2D eigenvalue weighted by Crippen LogP contribution is 2.14. The van der Waals surface area contributed by atoms with Crippen molar-refractivity contribution in [1.29, 1.82) is 0 Å². The molecule has 0 amide bonds. The maximum atomic E-state index is 4.25. The minimum absolute atomic E-state index is 0.688. The van der Waals surface area contributed by atoms with Gasteiger partial charge in [-0.3, -0.25) is 0 Å². The molecule has 0 saturated heterocycles. The Balaban J connectivity index is 2.38. The van der Waals surface area contributed by atoms with Crippen LogP contribution >= 0.6 is 0 Å². The fourth-order valence-corrected chi connectivity index (χ4v) is 1.56. The lowest BCUT2D eigenvalue weighted by Crippen LogP contribution is -1.93. The van der Waals surface area contributed by atoms with E-state index in [1.165, 1.54) is 11.1 Å². The zero-order valence-corrected chi connectivity index (χ0v) is 8.04. The Morgan fingerprint density at radius 3 is 3.00 bits per heavy atom. The van der Waals surface area contributed by atoms with E-state index in [0.29, 0.717) is 5.92 Å². The minimum atomic E-state index is 0.688. The van der Waals surface area contributed by atoms with Crippen LogP contribution in [0.15, 0.2) is 24.4 Å². The van der Waals surface area contributed by atoms with Gasteiger partial charge in [-0.25, -0.2) is 4.98 Å². The molecular formula is C11H14N2. The highest BCUT2D eigenvalue weighted by molar-refractivity contribution is 5.76. The van der Waals surface area contributed by atoms with Crippen molar-refractivity contribution in [3.8, 4) is 0 Å². The van der Waals surface area contributed by atoms with Crippen LogP contribution in [-0.2, 0) is 6.42 Å². The fourth-order valence-electron chi connectivity index (χ4n) is 1.56. The lowest BCUT2D eigenvalue weighted by atomic mass is 10.1. The van der Waals surface area contributed by atoms with Gasteiger partial charge in [-0.2, -0.15) is 0 Å². The van der Waals surface area contributed by atoms with Crippen molar-refractivity contribution in [3.05, 3.63) is 30.1 Å². The Labute approximate surface area is 78.0 Å². The van der Waals surface area contributed by atoms with Crippen LogP contribution in [-0.4, -0.2) is 9.97 Å². The Bertz CT molecular complexity index is 368. The van der Waals surface area contributed by atoms with Gasteiger partial charge in [0.25, 0.3) is 0 Å². The molecule has 2 heteroatoms. The van der Waals surface area contributed by atoms with E-state index in [-0.39, 0.29) is 0 Å². The van der Waals surface area contributed by atoms with Crippen molar-refractivity contribution >= 4 is 11.0 Å². The molecule has 2 nitrogen and oxygen atoms in total. The summed E-state index contributed by atoms with van der Waals surface area (Å²) in [5, 5.41) is 1.21. The first-order valence-electron chi connectivity index (χ1n) is 4.68. The largest absolute Gasteiger partial charge is 0.343 e. The third-order valence-corrected chi connectivity index (χ3v) is 2.08. The van der Waals surface area contributed by atoms with Crippen LogP contribution in [0.1, 0.15) is 19.5 Å².